The predicted molar refractivity (Wildman–Crippen MR) is 95.8 cm³/mol. The smallest absolute Gasteiger partial charge is 0.227 e. The molecule has 132 valence electrons. The van der Waals surface area contributed by atoms with Gasteiger partial charge in [-0.1, -0.05) is 20.8 Å². The zero-order valence-corrected chi connectivity index (χ0v) is 15.9. The summed E-state index contributed by atoms with van der Waals surface area (Å²) in [7, 11) is 0. The van der Waals surface area contributed by atoms with E-state index in [0.717, 1.165) is 43.0 Å². The molecule has 0 aromatic carbocycles. The molecule has 1 unspecified atom stereocenters. The number of halogens is 1. The van der Waals surface area contributed by atoms with Crippen molar-refractivity contribution in [3.8, 4) is 0 Å². The highest BCUT2D eigenvalue weighted by Crippen LogP contribution is 2.29. The van der Waals surface area contributed by atoms with E-state index in [4.69, 9.17) is 5.73 Å². The molecule has 0 saturated carbocycles. The molecule has 1 atom stereocenters. The molecule has 0 radical (unpaired) electrons. The van der Waals surface area contributed by atoms with Crippen LogP contribution in [-0.4, -0.2) is 40.2 Å². The molecule has 6 heteroatoms. The SMILES string of the molecule is Cc1nn(CC(C)C)c(C)c1CC(=O)N1CCC(C)(CN)C1.Cl. The topological polar surface area (TPSA) is 64.2 Å². The second-order valence-corrected chi connectivity index (χ2v) is 7.48. The summed E-state index contributed by atoms with van der Waals surface area (Å²) in [6, 6.07) is 0. The van der Waals surface area contributed by atoms with Crippen LogP contribution in [0.5, 0.6) is 0 Å². The highest BCUT2D eigenvalue weighted by Gasteiger charge is 2.35. The van der Waals surface area contributed by atoms with Crippen LogP contribution in [0, 0.1) is 25.2 Å². The van der Waals surface area contributed by atoms with Crippen molar-refractivity contribution in [1.29, 1.82) is 0 Å². The Bertz CT molecular complexity index is 555. The monoisotopic (exact) mass is 342 g/mol. The standard InChI is InChI=1S/C17H30N4O.ClH/c1-12(2)9-21-14(4)15(13(3)19-21)8-16(22)20-7-6-17(5,10-18)11-20;/h12H,6-11,18H2,1-5H3;1H. The molecule has 0 bridgehead atoms. The van der Waals surface area contributed by atoms with Crippen LogP contribution in [0.4, 0.5) is 0 Å². The van der Waals surface area contributed by atoms with Gasteiger partial charge in [-0.3, -0.25) is 9.48 Å². The second-order valence-electron chi connectivity index (χ2n) is 7.48. The van der Waals surface area contributed by atoms with Gasteiger partial charge in [0.1, 0.15) is 0 Å². The Kier molecular flexibility index (Phi) is 6.66. The molecule has 1 aliphatic rings. The van der Waals surface area contributed by atoms with Gasteiger partial charge in [-0.15, -0.1) is 12.4 Å². The number of carbonyl (C=O) groups excluding carboxylic acids is 1. The Morgan fingerprint density at radius 1 is 1.39 bits per heavy atom. The molecule has 1 aliphatic heterocycles. The minimum Gasteiger partial charge on any atom is -0.342 e. The molecule has 23 heavy (non-hydrogen) atoms. The van der Waals surface area contributed by atoms with Gasteiger partial charge in [0.2, 0.25) is 5.91 Å². The van der Waals surface area contributed by atoms with Crippen LogP contribution in [0.15, 0.2) is 0 Å². The number of hydrogen-bond acceptors (Lipinski definition) is 3. The van der Waals surface area contributed by atoms with Gasteiger partial charge in [-0.05, 0) is 38.1 Å². The molecule has 1 saturated heterocycles. The normalized spacial score (nSPS) is 20.9. The first-order valence-corrected chi connectivity index (χ1v) is 8.26. The molecule has 1 fully saturated rings. The van der Waals surface area contributed by atoms with Crippen molar-refractivity contribution in [2.45, 2.75) is 54.0 Å². The van der Waals surface area contributed by atoms with Crippen LogP contribution in [0.25, 0.3) is 0 Å². The van der Waals surface area contributed by atoms with Crippen molar-refractivity contribution < 1.29 is 4.79 Å². The van der Waals surface area contributed by atoms with Gasteiger partial charge < -0.3 is 10.6 Å². The lowest BCUT2D eigenvalue weighted by molar-refractivity contribution is -0.129. The molecule has 2 heterocycles. The number of hydrogen-bond donors (Lipinski definition) is 1. The van der Waals surface area contributed by atoms with Crippen molar-refractivity contribution in [2.24, 2.45) is 17.1 Å². The quantitative estimate of drug-likeness (QED) is 0.893. The summed E-state index contributed by atoms with van der Waals surface area (Å²) in [5.74, 6) is 0.748. The van der Waals surface area contributed by atoms with Gasteiger partial charge in [0.15, 0.2) is 0 Å². The Hall–Kier alpha value is -1.07. The molecule has 1 aromatic heterocycles. The van der Waals surface area contributed by atoms with Gasteiger partial charge >= 0.3 is 0 Å². The van der Waals surface area contributed by atoms with Gasteiger partial charge in [0, 0.05) is 30.9 Å². The summed E-state index contributed by atoms with van der Waals surface area (Å²) in [5, 5.41) is 4.60. The Morgan fingerprint density at radius 3 is 2.57 bits per heavy atom. The number of aryl methyl sites for hydroxylation is 1. The third-order valence-electron chi connectivity index (χ3n) is 4.80. The fourth-order valence-electron chi connectivity index (χ4n) is 3.18. The van der Waals surface area contributed by atoms with Crippen molar-refractivity contribution in [1.82, 2.24) is 14.7 Å². The minimum atomic E-state index is 0. The molecular weight excluding hydrogens is 312 g/mol. The number of rotatable bonds is 5. The average Bonchev–Trinajstić information content (AvgIpc) is 2.95. The van der Waals surface area contributed by atoms with E-state index < -0.39 is 0 Å². The van der Waals surface area contributed by atoms with E-state index in [1.165, 1.54) is 0 Å². The van der Waals surface area contributed by atoms with Gasteiger partial charge in [0.05, 0.1) is 12.1 Å². The van der Waals surface area contributed by atoms with E-state index in [1.54, 1.807) is 0 Å². The van der Waals surface area contributed by atoms with Crippen molar-refractivity contribution in [3.63, 3.8) is 0 Å². The third kappa shape index (κ3) is 4.48. The second kappa shape index (κ2) is 7.67. The number of carbonyl (C=O) groups is 1. The molecule has 2 rings (SSSR count). The maximum absolute atomic E-state index is 12.6. The van der Waals surface area contributed by atoms with Crippen molar-refractivity contribution in [3.05, 3.63) is 17.0 Å². The van der Waals surface area contributed by atoms with Crippen LogP contribution >= 0.6 is 12.4 Å². The first-order valence-electron chi connectivity index (χ1n) is 8.26. The Labute approximate surface area is 146 Å². The van der Waals surface area contributed by atoms with Crippen molar-refractivity contribution in [2.75, 3.05) is 19.6 Å². The number of aromatic nitrogens is 2. The lowest BCUT2D eigenvalue weighted by Gasteiger charge is -2.22. The highest BCUT2D eigenvalue weighted by molar-refractivity contribution is 5.85. The molecule has 0 aliphatic carbocycles. The van der Waals surface area contributed by atoms with Crippen LogP contribution in [0.3, 0.4) is 0 Å². The summed E-state index contributed by atoms with van der Waals surface area (Å²) < 4.78 is 2.04. The Morgan fingerprint density at radius 2 is 2.04 bits per heavy atom. The lowest BCUT2D eigenvalue weighted by Crippen LogP contribution is -2.35. The first kappa shape index (κ1) is 20.0. The number of nitrogens with zero attached hydrogens (tertiary/aromatic N) is 3. The van der Waals surface area contributed by atoms with Crippen molar-refractivity contribution >= 4 is 18.3 Å². The molecule has 1 aromatic rings. The molecule has 5 nitrogen and oxygen atoms in total. The summed E-state index contributed by atoms with van der Waals surface area (Å²) in [4.78, 5) is 14.6. The maximum Gasteiger partial charge on any atom is 0.227 e. The lowest BCUT2D eigenvalue weighted by atomic mass is 9.90. The summed E-state index contributed by atoms with van der Waals surface area (Å²) >= 11 is 0. The Balaban J connectivity index is 0.00000264. The third-order valence-corrected chi connectivity index (χ3v) is 4.80. The van der Waals surface area contributed by atoms with Crippen LogP contribution in [0.2, 0.25) is 0 Å². The molecule has 2 N–H and O–H groups in total. The fraction of sp³-hybridized carbons (Fsp3) is 0.765. The largest absolute Gasteiger partial charge is 0.342 e. The molecule has 0 spiro atoms. The fourth-order valence-corrected chi connectivity index (χ4v) is 3.18. The highest BCUT2D eigenvalue weighted by atomic mass is 35.5. The summed E-state index contributed by atoms with van der Waals surface area (Å²) in [6.45, 7) is 13.7. The maximum atomic E-state index is 12.6. The zero-order valence-electron chi connectivity index (χ0n) is 15.1. The van der Waals surface area contributed by atoms with Gasteiger partial charge in [-0.2, -0.15) is 5.10 Å². The van der Waals surface area contributed by atoms with E-state index in [1.807, 2.05) is 16.5 Å². The van der Waals surface area contributed by atoms with E-state index in [9.17, 15) is 4.79 Å². The van der Waals surface area contributed by atoms with Crippen LogP contribution in [-0.2, 0) is 17.8 Å². The van der Waals surface area contributed by atoms with E-state index in [0.29, 0.717) is 18.9 Å². The summed E-state index contributed by atoms with van der Waals surface area (Å²) in [5.41, 5.74) is 9.11. The number of likely N-dealkylation sites (tertiary alicyclic amines) is 1. The van der Waals surface area contributed by atoms with Crippen LogP contribution < -0.4 is 5.73 Å². The van der Waals surface area contributed by atoms with Crippen LogP contribution in [0.1, 0.15) is 44.1 Å². The van der Waals surface area contributed by atoms with Gasteiger partial charge in [0.25, 0.3) is 0 Å². The number of amides is 1. The minimum absolute atomic E-state index is 0. The zero-order chi connectivity index (χ0) is 16.5. The first-order chi connectivity index (χ1) is 10.3. The van der Waals surface area contributed by atoms with Gasteiger partial charge in [-0.25, -0.2) is 0 Å². The predicted octanol–water partition coefficient (Wildman–Crippen LogP) is 2.32. The molecular formula is C17H31ClN4O. The van der Waals surface area contributed by atoms with E-state index >= 15 is 0 Å². The average molecular weight is 343 g/mol. The number of nitrogens with two attached hydrogens (primary N) is 1. The summed E-state index contributed by atoms with van der Waals surface area (Å²) in [6.07, 6.45) is 1.45. The molecule has 1 amide bonds. The van der Waals surface area contributed by atoms with E-state index in [-0.39, 0.29) is 23.7 Å². The van der Waals surface area contributed by atoms with E-state index in [2.05, 4.69) is 32.8 Å².